The van der Waals surface area contributed by atoms with Gasteiger partial charge in [0.05, 0.1) is 17.1 Å². The van der Waals surface area contributed by atoms with Crippen molar-refractivity contribution in [3.63, 3.8) is 0 Å². The summed E-state index contributed by atoms with van der Waals surface area (Å²) in [6.45, 7) is 0.579. The van der Waals surface area contributed by atoms with E-state index in [1.807, 2.05) is 24.3 Å². The van der Waals surface area contributed by atoms with Gasteiger partial charge in [0, 0.05) is 5.69 Å². The molecule has 1 aromatic heterocycles. The second-order valence-corrected chi connectivity index (χ2v) is 4.84. The highest BCUT2D eigenvalue weighted by Gasteiger charge is 2.02. The number of furan rings is 1. The molecule has 0 fully saturated rings. The summed E-state index contributed by atoms with van der Waals surface area (Å²) in [6, 6.07) is 11.1. The van der Waals surface area contributed by atoms with E-state index >= 15 is 0 Å². The van der Waals surface area contributed by atoms with Gasteiger partial charge in [-0.05, 0) is 52.9 Å². The van der Waals surface area contributed by atoms with E-state index in [2.05, 4.69) is 27.9 Å². The van der Waals surface area contributed by atoms with Crippen molar-refractivity contribution < 1.29 is 4.42 Å². The topological polar surface area (TPSA) is 49.0 Å². The molecule has 0 aliphatic rings. The molecule has 0 bridgehead atoms. The fraction of sp³-hybridized carbons (Fsp3) is 0.0833. The quantitative estimate of drug-likeness (QED) is 0.843. The van der Waals surface area contributed by atoms with Crippen LogP contribution < -0.4 is 5.32 Å². The maximum absolute atomic E-state index is 8.85. The average molecular weight is 359 g/mol. The van der Waals surface area contributed by atoms with Crippen LogP contribution in [0.4, 0.5) is 5.69 Å². The highest BCUT2D eigenvalue weighted by molar-refractivity contribution is 14.1. The number of nitriles is 1. The molecule has 1 heterocycles. The predicted octanol–water partition coefficient (Wildman–Crippen LogP) is 4.02. The third-order valence-electron chi connectivity index (χ3n) is 2.18. The lowest BCUT2D eigenvalue weighted by molar-refractivity contribution is 0.493. The first-order valence-corrected chi connectivity index (χ1v) is 6.32. The third-order valence-corrected chi connectivity index (χ3v) is 3.09. The molecule has 0 saturated carbocycles. The maximum atomic E-state index is 8.85. The Morgan fingerprint density at radius 2 is 2.18 bits per heavy atom. The van der Waals surface area contributed by atoms with Crippen molar-refractivity contribution in [1.29, 1.82) is 5.26 Å². The molecule has 86 valence electrons. The molecule has 0 aliphatic heterocycles. The average Bonchev–Trinajstić information content (AvgIpc) is 2.74. The molecule has 3 nitrogen and oxygen atoms in total. The first-order chi connectivity index (χ1) is 8.19. The molecular formula is C12H8ClIN2O. The number of nitrogens with one attached hydrogen (secondary N) is 1. The molecule has 1 N–H and O–H groups in total. The number of halogens is 2. The second-order valence-electron chi connectivity index (χ2n) is 3.37. The second kappa shape index (κ2) is 5.43. The van der Waals surface area contributed by atoms with E-state index in [9.17, 15) is 0 Å². The van der Waals surface area contributed by atoms with Crippen molar-refractivity contribution in [1.82, 2.24) is 0 Å². The summed E-state index contributed by atoms with van der Waals surface area (Å²) in [5, 5.41) is 12.5. The molecule has 1 aromatic carbocycles. The first kappa shape index (κ1) is 12.3. The van der Waals surface area contributed by atoms with Gasteiger partial charge in [0.15, 0.2) is 3.77 Å². The van der Waals surface area contributed by atoms with Gasteiger partial charge in [0.1, 0.15) is 11.8 Å². The molecule has 0 aliphatic carbocycles. The zero-order valence-electron chi connectivity index (χ0n) is 8.71. The Kier molecular flexibility index (Phi) is 3.92. The van der Waals surface area contributed by atoms with E-state index in [0.717, 1.165) is 15.2 Å². The van der Waals surface area contributed by atoms with Crippen molar-refractivity contribution in [3.8, 4) is 6.07 Å². The molecule has 0 spiro atoms. The van der Waals surface area contributed by atoms with Gasteiger partial charge >= 0.3 is 0 Å². The Morgan fingerprint density at radius 3 is 2.82 bits per heavy atom. The Bertz CT molecular complexity index is 574. The van der Waals surface area contributed by atoms with Gasteiger partial charge in [-0.15, -0.1) is 0 Å². The smallest absolute Gasteiger partial charge is 0.164 e. The van der Waals surface area contributed by atoms with E-state index in [1.165, 1.54) is 0 Å². The van der Waals surface area contributed by atoms with Crippen LogP contribution in [-0.4, -0.2) is 0 Å². The molecule has 0 radical (unpaired) electrons. The predicted molar refractivity (Wildman–Crippen MR) is 74.9 cm³/mol. The van der Waals surface area contributed by atoms with Gasteiger partial charge in [-0.3, -0.25) is 0 Å². The van der Waals surface area contributed by atoms with Gasteiger partial charge < -0.3 is 9.73 Å². The number of nitrogens with zero attached hydrogens (tertiary/aromatic N) is 1. The van der Waals surface area contributed by atoms with E-state index < -0.39 is 0 Å². The summed E-state index contributed by atoms with van der Waals surface area (Å²) in [7, 11) is 0. The van der Waals surface area contributed by atoms with Gasteiger partial charge in [0.25, 0.3) is 0 Å². The van der Waals surface area contributed by atoms with Crippen molar-refractivity contribution in [2.45, 2.75) is 6.54 Å². The molecule has 5 heteroatoms. The summed E-state index contributed by atoms with van der Waals surface area (Å²) < 4.78 is 6.27. The van der Waals surface area contributed by atoms with Crippen LogP contribution in [0.15, 0.2) is 34.7 Å². The number of hydrogen-bond acceptors (Lipinski definition) is 3. The van der Waals surface area contributed by atoms with Crippen molar-refractivity contribution in [2.24, 2.45) is 0 Å². The van der Waals surface area contributed by atoms with Crippen molar-refractivity contribution in [2.75, 3.05) is 5.32 Å². The Labute approximate surface area is 118 Å². The summed E-state index contributed by atoms with van der Waals surface area (Å²) in [5.41, 5.74) is 1.31. The maximum Gasteiger partial charge on any atom is 0.164 e. The minimum absolute atomic E-state index is 0.464. The SMILES string of the molecule is N#Cc1cc(NCc2ccc(I)o2)ccc1Cl. The van der Waals surface area contributed by atoms with Crippen LogP contribution in [0.5, 0.6) is 0 Å². The van der Waals surface area contributed by atoms with Crippen LogP contribution in [-0.2, 0) is 6.54 Å². The van der Waals surface area contributed by atoms with Crippen LogP contribution in [0, 0.1) is 15.1 Å². The van der Waals surface area contributed by atoms with Gasteiger partial charge in [0.2, 0.25) is 0 Å². The minimum Gasteiger partial charge on any atom is -0.454 e. The van der Waals surface area contributed by atoms with Crippen LogP contribution >= 0.6 is 34.2 Å². The molecular weight excluding hydrogens is 351 g/mol. The Morgan fingerprint density at radius 1 is 1.35 bits per heavy atom. The zero-order chi connectivity index (χ0) is 12.3. The zero-order valence-corrected chi connectivity index (χ0v) is 11.6. The summed E-state index contributed by atoms with van der Waals surface area (Å²) in [4.78, 5) is 0. The largest absolute Gasteiger partial charge is 0.454 e. The van der Waals surface area contributed by atoms with Crippen LogP contribution in [0.2, 0.25) is 5.02 Å². The van der Waals surface area contributed by atoms with Crippen LogP contribution in [0.1, 0.15) is 11.3 Å². The lowest BCUT2D eigenvalue weighted by Crippen LogP contribution is -1.98. The monoisotopic (exact) mass is 358 g/mol. The van der Waals surface area contributed by atoms with Crippen LogP contribution in [0.3, 0.4) is 0 Å². The van der Waals surface area contributed by atoms with Crippen molar-refractivity contribution in [3.05, 3.63) is 50.4 Å². The standard InChI is InChI=1S/C12H8ClIN2O/c13-11-3-1-9(5-8(11)6-15)16-7-10-2-4-12(14)17-10/h1-5,16H,7H2. The summed E-state index contributed by atoms with van der Waals surface area (Å²) in [6.07, 6.45) is 0. The van der Waals surface area contributed by atoms with Gasteiger partial charge in [-0.2, -0.15) is 5.26 Å². The first-order valence-electron chi connectivity index (χ1n) is 4.87. The normalized spacial score (nSPS) is 9.94. The van der Waals surface area contributed by atoms with E-state index in [1.54, 1.807) is 12.1 Å². The lowest BCUT2D eigenvalue weighted by atomic mass is 10.2. The highest BCUT2D eigenvalue weighted by atomic mass is 127. The van der Waals surface area contributed by atoms with Crippen molar-refractivity contribution >= 4 is 39.9 Å². The Hall–Kier alpha value is -1.19. The molecule has 0 unspecified atom stereocenters. The Balaban J connectivity index is 2.07. The number of benzene rings is 1. The van der Waals surface area contributed by atoms with Gasteiger partial charge in [-0.1, -0.05) is 11.6 Å². The minimum atomic E-state index is 0.464. The van der Waals surface area contributed by atoms with E-state index in [4.69, 9.17) is 21.3 Å². The number of hydrogen-bond donors (Lipinski definition) is 1. The third kappa shape index (κ3) is 3.14. The van der Waals surface area contributed by atoms with Crippen LogP contribution in [0.25, 0.3) is 0 Å². The number of anilines is 1. The molecule has 17 heavy (non-hydrogen) atoms. The highest BCUT2D eigenvalue weighted by Crippen LogP contribution is 2.20. The fourth-order valence-electron chi connectivity index (χ4n) is 1.36. The number of rotatable bonds is 3. The molecule has 2 aromatic rings. The lowest BCUT2D eigenvalue weighted by Gasteiger charge is -2.05. The molecule has 0 atom stereocenters. The summed E-state index contributed by atoms with van der Waals surface area (Å²) in [5.74, 6) is 0.850. The van der Waals surface area contributed by atoms with E-state index in [-0.39, 0.29) is 0 Å². The van der Waals surface area contributed by atoms with Gasteiger partial charge in [-0.25, -0.2) is 0 Å². The molecule has 0 amide bonds. The van der Waals surface area contributed by atoms with E-state index in [0.29, 0.717) is 17.1 Å². The molecule has 2 rings (SSSR count). The fourth-order valence-corrected chi connectivity index (χ4v) is 1.98. The summed E-state index contributed by atoms with van der Waals surface area (Å²) >= 11 is 7.96. The molecule has 0 saturated heterocycles.